The van der Waals surface area contributed by atoms with E-state index >= 15 is 0 Å². The van der Waals surface area contributed by atoms with Crippen LogP contribution in [0.2, 0.25) is 0 Å². The summed E-state index contributed by atoms with van der Waals surface area (Å²) in [5.41, 5.74) is 4.30. The Bertz CT molecular complexity index is 540. The molecule has 0 aromatic heterocycles. The predicted octanol–water partition coefficient (Wildman–Crippen LogP) is 3.92. The number of aryl methyl sites for hydroxylation is 1. The Morgan fingerprint density at radius 3 is 2.96 bits per heavy atom. The fourth-order valence-corrected chi connectivity index (χ4v) is 3.82. The number of hydrogen-bond acceptors (Lipinski definition) is 3. The summed E-state index contributed by atoms with van der Waals surface area (Å²) in [6, 6.07) is 8.55. The summed E-state index contributed by atoms with van der Waals surface area (Å²) >= 11 is 0. The Balaban J connectivity index is 1.34. The van der Waals surface area contributed by atoms with Crippen molar-refractivity contribution in [1.82, 2.24) is 5.32 Å². The van der Waals surface area contributed by atoms with Crippen LogP contribution in [0, 0.1) is 0 Å². The molecule has 1 aromatic rings. The van der Waals surface area contributed by atoms with Crippen molar-refractivity contribution in [2.45, 2.75) is 63.6 Å². The van der Waals surface area contributed by atoms with Crippen LogP contribution in [-0.4, -0.2) is 30.9 Å². The van der Waals surface area contributed by atoms with Gasteiger partial charge in [-0.15, -0.1) is 0 Å². The lowest BCUT2D eigenvalue weighted by Crippen LogP contribution is -2.32. The number of fused-ring (bicyclic) bond motifs is 1. The SMILES string of the molecule is O[C@@H](CNCCC1=CCCCC1)CO[C@@H]1CCCc2ccccc21. The quantitative estimate of drug-likeness (QED) is 0.561. The molecule has 2 aliphatic rings. The van der Waals surface area contributed by atoms with Gasteiger partial charge in [0.1, 0.15) is 0 Å². The van der Waals surface area contributed by atoms with Gasteiger partial charge in [0.25, 0.3) is 0 Å². The number of benzene rings is 1. The van der Waals surface area contributed by atoms with Gasteiger partial charge in [-0.05, 0) is 69.0 Å². The van der Waals surface area contributed by atoms with Crippen LogP contribution < -0.4 is 5.32 Å². The van der Waals surface area contributed by atoms with Crippen LogP contribution >= 0.6 is 0 Å². The highest BCUT2D eigenvalue weighted by molar-refractivity contribution is 5.31. The molecule has 0 radical (unpaired) electrons. The number of ether oxygens (including phenoxy) is 1. The molecule has 0 unspecified atom stereocenters. The smallest absolute Gasteiger partial charge is 0.0897 e. The topological polar surface area (TPSA) is 41.5 Å². The van der Waals surface area contributed by atoms with Gasteiger partial charge in [-0.2, -0.15) is 0 Å². The van der Waals surface area contributed by atoms with E-state index in [1.807, 2.05) is 0 Å². The van der Waals surface area contributed by atoms with Gasteiger partial charge < -0.3 is 15.2 Å². The fourth-order valence-electron chi connectivity index (χ4n) is 3.82. The van der Waals surface area contributed by atoms with Gasteiger partial charge in [0.2, 0.25) is 0 Å². The molecule has 24 heavy (non-hydrogen) atoms. The average Bonchev–Trinajstić information content (AvgIpc) is 2.64. The van der Waals surface area contributed by atoms with Crippen molar-refractivity contribution in [3.63, 3.8) is 0 Å². The number of aliphatic hydroxyl groups excluding tert-OH is 1. The summed E-state index contributed by atoms with van der Waals surface area (Å²) in [5, 5.41) is 13.5. The molecule has 0 heterocycles. The zero-order chi connectivity index (χ0) is 16.6. The van der Waals surface area contributed by atoms with Crippen LogP contribution in [0.3, 0.4) is 0 Å². The molecule has 0 saturated carbocycles. The lowest BCUT2D eigenvalue weighted by atomic mass is 9.89. The monoisotopic (exact) mass is 329 g/mol. The summed E-state index contributed by atoms with van der Waals surface area (Å²) in [7, 11) is 0. The molecular formula is C21H31NO2. The predicted molar refractivity (Wildman–Crippen MR) is 98.1 cm³/mol. The van der Waals surface area contributed by atoms with Crippen molar-refractivity contribution in [2.24, 2.45) is 0 Å². The summed E-state index contributed by atoms with van der Waals surface area (Å²) < 4.78 is 6.02. The molecule has 2 atom stereocenters. The molecule has 1 aromatic carbocycles. The minimum Gasteiger partial charge on any atom is -0.389 e. The molecule has 0 amide bonds. The normalized spacial score (nSPS) is 21.9. The maximum Gasteiger partial charge on any atom is 0.0897 e. The minimum atomic E-state index is -0.431. The third-order valence-corrected chi connectivity index (χ3v) is 5.19. The molecule has 132 valence electrons. The van der Waals surface area contributed by atoms with E-state index in [0.717, 1.165) is 25.8 Å². The van der Waals surface area contributed by atoms with E-state index < -0.39 is 6.10 Å². The first-order valence-corrected chi connectivity index (χ1v) is 9.59. The van der Waals surface area contributed by atoms with Crippen molar-refractivity contribution >= 4 is 0 Å². The second kappa shape index (κ2) is 9.36. The molecule has 0 aliphatic heterocycles. The second-order valence-corrected chi connectivity index (χ2v) is 7.13. The number of hydrogen-bond donors (Lipinski definition) is 2. The maximum atomic E-state index is 10.2. The van der Waals surface area contributed by atoms with Crippen molar-refractivity contribution < 1.29 is 9.84 Å². The van der Waals surface area contributed by atoms with E-state index in [1.165, 1.54) is 43.2 Å². The Kier molecular flexibility index (Phi) is 6.88. The molecule has 2 N–H and O–H groups in total. The van der Waals surface area contributed by atoms with Crippen LogP contribution in [0.5, 0.6) is 0 Å². The number of allylic oxidation sites excluding steroid dienone is 1. The number of aliphatic hydroxyl groups is 1. The highest BCUT2D eigenvalue weighted by Crippen LogP contribution is 2.32. The third kappa shape index (κ3) is 5.17. The average molecular weight is 329 g/mol. The highest BCUT2D eigenvalue weighted by Gasteiger charge is 2.21. The molecular weight excluding hydrogens is 298 g/mol. The Hall–Kier alpha value is -1.16. The molecule has 3 nitrogen and oxygen atoms in total. The van der Waals surface area contributed by atoms with Gasteiger partial charge in [-0.3, -0.25) is 0 Å². The first-order chi connectivity index (χ1) is 11.8. The van der Waals surface area contributed by atoms with E-state index in [-0.39, 0.29) is 6.10 Å². The molecule has 3 heteroatoms. The largest absolute Gasteiger partial charge is 0.389 e. The molecule has 2 aliphatic carbocycles. The second-order valence-electron chi connectivity index (χ2n) is 7.13. The van der Waals surface area contributed by atoms with Gasteiger partial charge in [0.15, 0.2) is 0 Å². The van der Waals surface area contributed by atoms with Crippen molar-refractivity contribution in [3.8, 4) is 0 Å². The first kappa shape index (κ1) is 17.7. The maximum absolute atomic E-state index is 10.2. The summed E-state index contributed by atoms with van der Waals surface area (Å²) in [4.78, 5) is 0. The molecule has 0 saturated heterocycles. The minimum absolute atomic E-state index is 0.150. The Morgan fingerprint density at radius 2 is 2.08 bits per heavy atom. The number of rotatable bonds is 8. The lowest BCUT2D eigenvalue weighted by Gasteiger charge is -2.26. The molecule has 3 rings (SSSR count). The fraction of sp³-hybridized carbons (Fsp3) is 0.619. The Labute approximate surface area is 146 Å². The van der Waals surface area contributed by atoms with Crippen LogP contribution in [0.4, 0.5) is 0 Å². The van der Waals surface area contributed by atoms with E-state index in [4.69, 9.17) is 4.74 Å². The van der Waals surface area contributed by atoms with Crippen LogP contribution in [-0.2, 0) is 11.2 Å². The zero-order valence-corrected chi connectivity index (χ0v) is 14.7. The summed E-state index contributed by atoms with van der Waals surface area (Å²) in [6.45, 7) is 1.98. The van der Waals surface area contributed by atoms with Gasteiger partial charge in [0, 0.05) is 6.54 Å². The first-order valence-electron chi connectivity index (χ1n) is 9.59. The summed E-state index contributed by atoms with van der Waals surface area (Å²) in [6.07, 6.45) is 11.8. The number of nitrogens with one attached hydrogen (secondary N) is 1. The third-order valence-electron chi connectivity index (χ3n) is 5.19. The van der Waals surface area contributed by atoms with Gasteiger partial charge in [-0.25, -0.2) is 0 Å². The van der Waals surface area contributed by atoms with Crippen LogP contribution in [0.1, 0.15) is 62.2 Å². The molecule has 0 bridgehead atoms. The van der Waals surface area contributed by atoms with Crippen molar-refractivity contribution in [3.05, 3.63) is 47.0 Å². The summed E-state index contributed by atoms with van der Waals surface area (Å²) in [5.74, 6) is 0. The van der Waals surface area contributed by atoms with E-state index in [1.54, 1.807) is 5.57 Å². The van der Waals surface area contributed by atoms with E-state index in [0.29, 0.717) is 13.2 Å². The lowest BCUT2D eigenvalue weighted by molar-refractivity contribution is -0.0166. The zero-order valence-electron chi connectivity index (χ0n) is 14.7. The van der Waals surface area contributed by atoms with Gasteiger partial charge in [-0.1, -0.05) is 35.9 Å². The molecule has 0 spiro atoms. The van der Waals surface area contributed by atoms with Crippen LogP contribution in [0.25, 0.3) is 0 Å². The van der Waals surface area contributed by atoms with E-state index in [2.05, 4.69) is 35.7 Å². The Morgan fingerprint density at radius 1 is 1.17 bits per heavy atom. The molecule has 0 fully saturated rings. The van der Waals surface area contributed by atoms with Crippen LogP contribution in [0.15, 0.2) is 35.9 Å². The van der Waals surface area contributed by atoms with Gasteiger partial charge >= 0.3 is 0 Å². The van der Waals surface area contributed by atoms with Crippen molar-refractivity contribution in [1.29, 1.82) is 0 Å². The van der Waals surface area contributed by atoms with Crippen molar-refractivity contribution in [2.75, 3.05) is 19.7 Å². The van der Waals surface area contributed by atoms with E-state index in [9.17, 15) is 5.11 Å². The highest BCUT2D eigenvalue weighted by atomic mass is 16.5. The van der Waals surface area contributed by atoms with Gasteiger partial charge in [0.05, 0.1) is 18.8 Å². The standard InChI is InChI=1S/C21H31NO2/c23-19(15-22-14-13-17-7-2-1-3-8-17)16-24-21-12-6-10-18-9-4-5-11-20(18)21/h4-5,7,9,11,19,21-23H,1-3,6,8,10,12-16H2/t19-,21+/m0/s1.